The Kier molecular flexibility index (Phi) is 9.15. The summed E-state index contributed by atoms with van der Waals surface area (Å²) in [6.07, 6.45) is 1.19. The maximum atomic E-state index is 10.2. The highest BCUT2D eigenvalue weighted by molar-refractivity contribution is 14.0. The summed E-state index contributed by atoms with van der Waals surface area (Å²) in [6, 6.07) is 8.01. The van der Waals surface area contributed by atoms with E-state index in [2.05, 4.69) is 25.7 Å². The lowest BCUT2D eigenvalue weighted by molar-refractivity contribution is 0.114. The molecule has 8 nitrogen and oxygen atoms in total. The summed E-state index contributed by atoms with van der Waals surface area (Å²) in [5, 5.41) is 21.3. The number of rotatable bonds is 7. The first kappa shape index (κ1) is 23.4. The van der Waals surface area contributed by atoms with Crippen LogP contribution in [0.3, 0.4) is 0 Å². The number of nitrogens with one attached hydrogen (secondary N) is 2. The van der Waals surface area contributed by atoms with Crippen molar-refractivity contribution in [3.63, 3.8) is 0 Å². The molecule has 2 atom stereocenters. The van der Waals surface area contributed by atoms with Crippen LogP contribution in [0.2, 0.25) is 0 Å². The molecular formula is C20H31IN6O2. The van der Waals surface area contributed by atoms with E-state index < -0.39 is 6.10 Å². The molecule has 1 aliphatic heterocycles. The number of fused-ring (bicyclic) bond motifs is 1. The first-order chi connectivity index (χ1) is 13.5. The quantitative estimate of drug-likeness (QED) is 0.297. The maximum absolute atomic E-state index is 10.2. The number of ether oxygens (including phenoxy) is 1. The van der Waals surface area contributed by atoms with Crippen molar-refractivity contribution in [3.8, 4) is 5.75 Å². The van der Waals surface area contributed by atoms with Gasteiger partial charge in [-0.05, 0) is 44.9 Å². The highest BCUT2D eigenvalue weighted by Gasteiger charge is 2.21. The summed E-state index contributed by atoms with van der Waals surface area (Å²) in [7, 11) is 0. The van der Waals surface area contributed by atoms with Crippen LogP contribution < -0.4 is 15.4 Å². The summed E-state index contributed by atoms with van der Waals surface area (Å²) in [5.41, 5.74) is 1.13. The third-order valence-corrected chi connectivity index (χ3v) is 4.54. The number of hydrogen-bond donors (Lipinski definition) is 3. The van der Waals surface area contributed by atoms with Crippen molar-refractivity contribution in [1.29, 1.82) is 0 Å². The molecule has 0 fully saturated rings. The molecule has 9 heteroatoms. The van der Waals surface area contributed by atoms with Crippen molar-refractivity contribution in [2.24, 2.45) is 4.99 Å². The summed E-state index contributed by atoms with van der Waals surface area (Å²) >= 11 is 0. The first-order valence-corrected chi connectivity index (χ1v) is 9.86. The Morgan fingerprint density at radius 3 is 3.00 bits per heavy atom. The number of benzene rings is 1. The van der Waals surface area contributed by atoms with Crippen molar-refractivity contribution in [1.82, 2.24) is 25.4 Å². The van der Waals surface area contributed by atoms with Crippen LogP contribution in [0.15, 0.2) is 29.3 Å². The molecule has 0 saturated heterocycles. The van der Waals surface area contributed by atoms with Gasteiger partial charge in [-0.1, -0.05) is 12.1 Å². The van der Waals surface area contributed by atoms with Crippen molar-refractivity contribution in [3.05, 3.63) is 41.5 Å². The summed E-state index contributed by atoms with van der Waals surface area (Å²) in [4.78, 5) is 8.96. The summed E-state index contributed by atoms with van der Waals surface area (Å²) in [5.74, 6) is 3.31. The van der Waals surface area contributed by atoms with Crippen LogP contribution in [0.5, 0.6) is 5.75 Å². The van der Waals surface area contributed by atoms with E-state index in [4.69, 9.17) is 4.74 Å². The predicted molar refractivity (Wildman–Crippen MR) is 124 cm³/mol. The fourth-order valence-corrected chi connectivity index (χ4v) is 3.21. The monoisotopic (exact) mass is 514 g/mol. The van der Waals surface area contributed by atoms with Gasteiger partial charge >= 0.3 is 0 Å². The standard InChI is InChI=1S/C20H30N6O2.HI/c1-4-21-20(24-16-8-9-19-23-15(3)25-26(19)12-16)22-11-17(27)13-28-18-7-5-6-14(2)10-18;/h5-7,10,16-17,27H,4,8-9,11-13H2,1-3H3,(H2,21,22,24);1H. The van der Waals surface area contributed by atoms with E-state index in [1.54, 1.807) is 0 Å². The molecule has 0 spiro atoms. The molecule has 0 saturated carbocycles. The van der Waals surface area contributed by atoms with E-state index in [9.17, 15) is 5.11 Å². The Balaban J connectivity index is 0.00000300. The maximum Gasteiger partial charge on any atom is 0.191 e. The number of aliphatic hydroxyl groups excluding tert-OH is 1. The Morgan fingerprint density at radius 2 is 2.24 bits per heavy atom. The Hall–Kier alpha value is -1.88. The molecule has 0 amide bonds. The van der Waals surface area contributed by atoms with Crippen LogP contribution in [0, 0.1) is 13.8 Å². The number of hydrogen-bond acceptors (Lipinski definition) is 5. The zero-order chi connectivity index (χ0) is 19.9. The second kappa shape index (κ2) is 11.3. The predicted octanol–water partition coefficient (Wildman–Crippen LogP) is 1.82. The average molecular weight is 514 g/mol. The van der Waals surface area contributed by atoms with E-state index in [1.807, 2.05) is 49.7 Å². The molecule has 1 aliphatic rings. The van der Waals surface area contributed by atoms with Gasteiger partial charge < -0.3 is 20.5 Å². The fourth-order valence-electron chi connectivity index (χ4n) is 3.21. The molecule has 0 bridgehead atoms. The van der Waals surface area contributed by atoms with Gasteiger partial charge in [0.1, 0.15) is 30.1 Å². The van der Waals surface area contributed by atoms with Crippen LogP contribution in [0.4, 0.5) is 0 Å². The molecule has 1 aromatic carbocycles. The Labute approximate surface area is 189 Å². The Bertz CT molecular complexity index is 810. The summed E-state index contributed by atoms with van der Waals surface area (Å²) in [6.45, 7) is 7.94. The third-order valence-electron chi connectivity index (χ3n) is 4.54. The molecule has 0 aliphatic carbocycles. The molecule has 3 N–H and O–H groups in total. The van der Waals surface area contributed by atoms with Gasteiger partial charge in [-0.3, -0.25) is 4.99 Å². The number of guanidine groups is 1. The first-order valence-electron chi connectivity index (χ1n) is 9.86. The third kappa shape index (κ3) is 7.14. The number of aryl methyl sites for hydroxylation is 3. The number of nitrogens with zero attached hydrogens (tertiary/aromatic N) is 4. The van der Waals surface area contributed by atoms with Gasteiger partial charge in [-0.15, -0.1) is 24.0 Å². The molecule has 1 aromatic heterocycles. The van der Waals surface area contributed by atoms with Gasteiger partial charge in [-0.25, -0.2) is 9.67 Å². The zero-order valence-corrected chi connectivity index (χ0v) is 19.6. The van der Waals surface area contributed by atoms with Gasteiger partial charge in [0, 0.05) is 19.0 Å². The highest BCUT2D eigenvalue weighted by atomic mass is 127. The van der Waals surface area contributed by atoms with Crippen LogP contribution in [-0.2, 0) is 13.0 Å². The minimum absolute atomic E-state index is 0. The van der Waals surface area contributed by atoms with Gasteiger partial charge in [0.05, 0.1) is 13.1 Å². The van der Waals surface area contributed by atoms with Crippen LogP contribution in [0.25, 0.3) is 0 Å². The molecule has 3 rings (SSSR count). The SMILES string of the molecule is CCNC(=NCC(O)COc1cccc(C)c1)NC1CCc2nc(C)nn2C1.I. The summed E-state index contributed by atoms with van der Waals surface area (Å²) < 4.78 is 7.62. The van der Waals surface area contributed by atoms with Gasteiger partial charge in [0.2, 0.25) is 0 Å². The minimum Gasteiger partial charge on any atom is -0.491 e. The normalized spacial score (nSPS) is 17.1. The lowest BCUT2D eigenvalue weighted by atomic mass is 10.1. The fraction of sp³-hybridized carbons (Fsp3) is 0.550. The topological polar surface area (TPSA) is 96.6 Å². The van der Waals surface area contributed by atoms with E-state index in [0.717, 1.165) is 48.9 Å². The Morgan fingerprint density at radius 1 is 1.41 bits per heavy atom. The minimum atomic E-state index is -0.674. The molecule has 0 radical (unpaired) electrons. The number of aliphatic imine (C=N–C) groups is 1. The zero-order valence-electron chi connectivity index (χ0n) is 17.3. The van der Waals surface area contributed by atoms with Crippen LogP contribution in [-0.4, -0.2) is 57.7 Å². The second-order valence-corrected chi connectivity index (χ2v) is 7.14. The number of halogens is 1. The van der Waals surface area contributed by atoms with Crippen LogP contribution >= 0.6 is 24.0 Å². The van der Waals surface area contributed by atoms with Gasteiger partial charge in [0.15, 0.2) is 5.96 Å². The smallest absolute Gasteiger partial charge is 0.191 e. The molecule has 2 aromatic rings. The van der Waals surface area contributed by atoms with Crippen molar-refractivity contribution in [2.45, 2.75) is 52.3 Å². The van der Waals surface area contributed by atoms with E-state index in [1.165, 1.54) is 0 Å². The van der Waals surface area contributed by atoms with E-state index >= 15 is 0 Å². The molecule has 160 valence electrons. The molecule has 2 heterocycles. The average Bonchev–Trinajstić information content (AvgIpc) is 3.04. The second-order valence-electron chi connectivity index (χ2n) is 7.14. The lowest BCUT2D eigenvalue weighted by Crippen LogP contribution is -2.47. The highest BCUT2D eigenvalue weighted by Crippen LogP contribution is 2.13. The number of aromatic nitrogens is 3. The molecular weight excluding hydrogens is 483 g/mol. The van der Waals surface area contributed by atoms with Gasteiger partial charge in [0.25, 0.3) is 0 Å². The van der Waals surface area contributed by atoms with Crippen LogP contribution in [0.1, 0.15) is 30.6 Å². The largest absolute Gasteiger partial charge is 0.491 e. The van der Waals surface area contributed by atoms with Crippen molar-refractivity contribution < 1.29 is 9.84 Å². The van der Waals surface area contributed by atoms with Gasteiger partial charge in [-0.2, -0.15) is 5.10 Å². The lowest BCUT2D eigenvalue weighted by Gasteiger charge is -2.25. The number of aliphatic hydroxyl groups is 1. The molecule has 29 heavy (non-hydrogen) atoms. The molecule has 2 unspecified atom stereocenters. The van der Waals surface area contributed by atoms with Crippen molar-refractivity contribution in [2.75, 3.05) is 19.7 Å². The van der Waals surface area contributed by atoms with E-state index in [-0.39, 0.29) is 43.2 Å². The van der Waals surface area contributed by atoms with E-state index in [0.29, 0.717) is 5.96 Å². The van der Waals surface area contributed by atoms with Crippen molar-refractivity contribution >= 4 is 29.9 Å².